The Morgan fingerprint density at radius 1 is 1.19 bits per heavy atom. The summed E-state index contributed by atoms with van der Waals surface area (Å²) in [7, 11) is 1.60. The zero-order valence-corrected chi connectivity index (χ0v) is 20.9. The highest BCUT2D eigenvalue weighted by Crippen LogP contribution is 2.38. The number of amides is 2. The van der Waals surface area contributed by atoms with Crippen LogP contribution < -0.4 is 20.7 Å². The van der Waals surface area contributed by atoms with E-state index in [1.54, 1.807) is 19.4 Å². The first-order chi connectivity index (χ1) is 18.0. The Bertz CT molecular complexity index is 1330. The molecule has 9 nitrogen and oxygen atoms in total. The Kier molecular flexibility index (Phi) is 7.07. The molecule has 4 N–H and O–H groups in total. The lowest BCUT2D eigenvalue weighted by Crippen LogP contribution is -2.54. The molecule has 2 aromatic heterocycles. The maximum Gasteiger partial charge on any atom is 0.253 e. The highest BCUT2D eigenvalue weighted by atomic mass is 16.5. The standard InChI is InChI=1S/C28H31N5O4/c1-3-25(34)32-23-14-18(5-6-24(23)37-12-11-36-2)21-13-19(7-10-30-21)22-15-20-26(33-22)28(17-31-27(20)35)8-4-9-29-16-28/h3,5-7,10,13-15,29,33H,1,4,8-9,11-12,16-17H2,2H3,(H,31,35)(H,32,34). The van der Waals surface area contributed by atoms with E-state index in [2.05, 4.69) is 32.5 Å². The second kappa shape index (κ2) is 10.6. The average molecular weight is 502 g/mol. The van der Waals surface area contributed by atoms with Gasteiger partial charge in [0.25, 0.3) is 5.91 Å². The van der Waals surface area contributed by atoms with Crippen LogP contribution in [0.1, 0.15) is 28.9 Å². The van der Waals surface area contributed by atoms with Crippen LogP contribution in [-0.4, -0.2) is 61.7 Å². The first-order valence-corrected chi connectivity index (χ1v) is 12.4. The van der Waals surface area contributed by atoms with Gasteiger partial charge >= 0.3 is 0 Å². The number of methoxy groups -OCH3 is 1. The van der Waals surface area contributed by atoms with Crippen LogP contribution in [0.2, 0.25) is 0 Å². The summed E-state index contributed by atoms with van der Waals surface area (Å²) < 4.78 is 10.8. The first kappa shape index (κ1) is 24.7. The maximum absolute atomic E-state index is 12.7. The third-order valence-electron chi connectivity index (χ3n) is 6.99. The summed E-state index contributed by atoms with van der Waals surface area (Å²) in [6.45, 7) is 6.77. The number of carbonyl (C=O) groups is 2. The molecule has 4 heterocycles. The molecule has 1 saturated heterocycles. The first-order valence-electron chi connectivity index (χ1n) is 12.4. The number of hydrogen-bond acceptors (Lipinski definition) is 6. The highest BCUT2D eigenvalue weighted by molar-refractivity contribution is 6.00. The molecule has 0 radical (unpaired) electrons. The van der Waals surface area contributed by atoms with Gasteiger partial charge in [-0.05, 0) is 61.9 Å². The van der Waals surface area contributed by atoms with Gasteiger partial charge in [-0.1, -0.05) is 6.58 Å². The van der Waals surface area contributed by atoms with Gasteiger partial charge < -0.3 is 30.4 Å². The van der Waals surface area contributed by atoms with Gasteiger partial charge in [0.15, 0.2) is 0 Å². The molecular weight excluding hydrogens is 470 g/mol. The lowest BCUT2D eigenvalue weighted by molar-refractivity contribution is -0.111. The van der Waals surface area contributed by atoms with Crippen LogP contribution in [0, 0.1) is 0 Å². The van der Waals surface area contributed by atoms with Crippen molar-refractivity contribution >= 4 is 17.5 Å². The van der Waals surface area contributed by atoms with Gasteiger partial charge in [-0.15, -0.1) is 0 Å². The van der Waals surface area contributed by atoms with Gasteiger partial charge in [-0.25, -0.2) is 0 Å². The molecule has 1 fully saturated rings. The summed E-state index contributed by atoms with van der Waals surface area (Å²) in [4.78, 5) is 32.9. The Balaban J connectivity index is 1.48. The Labute approximate surface area is 215 Å². The second-order valence-corrected chi connectivity index (χ2v) is 9.39. The Hall–Kier alpha value is -3.95. The van der Waals surface area contributed by atoms with E-state index in [9.17, 15) is 9.59 Å². The van der Waals surface area contributed by atoms with Gasteiger partial charge in [-0.3, -0.25) is 14.6 Å². The fourth-order valence-corrected chi connectivity index (χ4v) is 5.06. The monoisotopic (exact) mass is 501 g/mol. The average Bonchev–Trinajstić information content (AvgIpc) is 3.40. The van der Waals surface area contributed by atoms with E-state index in [1.807, 2.05) is 30.3 Å². The van der Waals surface area contributed by atoms with Crippen molar-refractivity contribution in [2.75, 3.05) is 45.3 Å². The van der Waals surface area contributed by atoms with Crippen LogP contribution in [0.4, 0.5) is 5.69 Å². The van der Waals surface area contributed by atoms with E-state index in [0.29, 0.717) is 36.8 Å². The number of rotatable bonds is 8. The molecule has 0 bridgehead atoms. The Morgan fingerprint density at radius 3 is 2.86 bits per heavy atom. The van der Waals surface area contributed by atoms with Crippen LogP contribution in [0.25, 0.3) is 22.5 Å². The minimum Gasteiger partial charge on any atom is -0.489 e. The van der Waals surface area contributed by atoms with Crippen molar-refractivity contribution in [2.45, 2.75) is 18.3 Å². The minimum absolute atomic E-state index is 0.0466. The topological polar surface area (TPSA) is 117 Å². The van der Waals surface area contributed by atoms with E-state index in [1.165, 1.54) is 6.08 Å². The predicted octanol–water partition coefficient (Wildman–Crippen LogP) is 3.26. The smallest absolute Gasteiger partial charge is 0.253 e. The number of H-pyrrole nitrogens is 1. The number of nitrogens with one attached hydrogen (secondary N) is 4. The fraction of sp³-hybridized carbons (Fsp3) is 0.321. The third-order valence-corrected chi connectivity index (χ3v) is 6.99. The molecule has 5 rings (SSSR count). The van der Waals surface area contributed by atoms with Crippen molar-refractivity contribution in [3.05, 3.63) is 66.5 Å². The molecule has 3 aromatic rings. The molecule has 1 unspecified atom stereocenters. The van der Waals surface area contributed by atoms with Gasteiger partial charge in [0, 0.05) is 54.3 Å². The van der Waals surface area contributed by atoms with Gasteiger partial charge in [-0.2, -0.15) is 0 Å². The molecule has 37 heavy (non-hydrogen) atoms. The van der Waals surface area contributed by atoms with Gasteiger partial charge in [0.2, 0.25) is 5.91 Å². The quantitative estimate of drug-likeness (QED) is 0.278. The molecule has 0 aliphatic carbocycles. The largest absolute Gasteiger partial charge is 0.489 e. The van der Waals surface area contributed by atoms with E-state index >= 15 is 0 Å². The highest BCUT2D eigenvalue weighted by Gasteiger charge is 2.42. The molecule has 1 atom stereocenters. The zero-order chi connectivity index (χ0) is 25.8. The number of piperidine rings is 1. The van der Waals surface area contributed by atoms with Crippen LogP contribution in [0.5, 0.6) is 5.75 Å². The van der Waals surface area contributed by atoms with E-state index in [-0.39, 0.29) is 17.2 Å². The number of ether oxygens (including phenoxy) is 2. The molecule has 1 aromatic carbocycles. The van der Waals surface area contributed by atoms with Crippen molar-refractivity contribution in [2.24, 2.45) is 0 Å². The van der Waals surface area contributed by atoms with Crippen LogP contribution >= 0.6 is 0 Å². The van der Waals surface area contributed by atoms with Crippen LogP contribution in [-0.2, 0) is 14.9 Å². The molecule has 2 amide bonds. The van der Waals surface area contributed by atoms with Crippen molar-refractivity contribution < 1.29 is 19.1 Å². The summed E-state index contributed by atoms with van der Waals surface area (Å²) in [5.74, 6) is 0.146. The number of benzene rings is 1. The predicted molar refractivity (Wildman–Crippen MR) is 142 cm³/mol. The van der Waals surface area contributed by atoms with Crippen molar-refractivity contribution in [1.82, 2.24) is 20.6 Å². The van der Waals surface area contributed by atoms with Crippen LogP contribution in [0.15, 0.2) is 55.3 Å². The van der Waals surface area contributed by atoms with Gasteiger partial charge in [0.05, 0.1) is 23.6 Å². The Morgan fingerprint density at radius 2 is 2.08 bits per heavy atom. The van der Waals surface area contributed by atoms with Crippen molar-refractivity contribution in [1.29, 1.82) is 0 Å². The van der Waals surface area contributed by atoms with E-state index in [4.69, 9.17) is 9.47 Å². The SMILES string of the molecule is C=CC(=O)Nc1cc(-c2cc(-c3cc4c([nH]3)C3(CCCNC3)CNC4=O)ccn2)ccc1OCCOC. The van der Waals surface area contributed by atoms with Gasteiger partial charge in [0.1, 0.15) is 12.4 Å². The number of nitrogens with zero attached hydrogens (tertiary/aromatic N) is 1. The molecule has 1 spiro atoms. The van der Waals surface area contributed by atoms with E-state index < -0.39 is 0 Å². The van der Waals surface area contributed by atoms with Crippen LogP contribution in [0.3, 0.4) is 0 Å². The summed E-state index contributed by atoms with van der Waals surface area (Å²) in [6.07, 6.45) is 5.04. The summed E-state index contributed by atoms with van der Waals surface area (Å²) >= 11 is 0. The maximum atomic E-state index is 12.7. The molecular formula is C28H31N5O4. The number of carbonyl (C=O) groups excluding carboxylic acids is 2. The fourth-order valence-electron chi connectivity index (χ4n) is 5.06. The second-order valence-electron chi connectivity index (χ2n) is 9.39. The number of hydrogen-bond donors (Lipinski definition) is 4. The lowest BCUT2D eigenvalue weighted by Gasteiger charge is -2.40. The number of aromatic nitrogens is 2. The number of fused-ring (bicyclic) bond motifs is 2. The van der Waals surface area contributed by atoms with Crippen molar-refractivity contribution in [3.63, 3.8) is 0 Å². The number of aromatic amines is 1. The molecule has 192 valence electrons. The third kappa shape index (κ3) is 5.00. The van der Waals surface area contributed by atoms with E-state index in [0.717, 1.165) is 54.1 Å². The normalized spacial score (nSPS) is 18.7. The lowest BCUT2D eigenvalue weighted by atomic mass is 9.74. The summed E-state index contributed by atoms with van der Waals surface area (Å²) in [5.41, 5.74) is 5.43. The number of anilines is 1. The van der Waals surface area contributed by atoms with Crippen molar-refractivity contribution in [3.8, 4) is 28.3 Å². The number of pyridine rings is 1. The zero-order valence-electron chi connectivity index (χ0n) is 20.9. The summed E-state index contributed by atoms with van der Waals surface area (Å²) in [6, 6.07) is 11.4. The summed E-state index contributed by atoms with van der Waals surface area (Å²) in [5, 5.41) is 9.37. The molecule has 9 heteroatoms. The minimum atomic E-state index is -0.336. The molecule has 2 aliphatic heterocycles. The molecule has 0 saturated carbocycles. The molecule has 2 aliphatic rings.